The van der Waals surface area contributed by atoms with Gasteiger partial charge in [-0.25, -0.2) is 0 Å². The normalized spacial score (nSPS) is 12.3. The van der Waals surface area contributed by atoms with Crippen molar-refractivity contribution in [2.45, 2.75) is 13.0 Å². The number of hydrogen-bond donors (Lipinski definition) is 1. The monoisotopic (exact) mass is 206 g/mol. The summed E-state index contributed by atoms with van der Waals surface area (Å²) in [6.45, 7) is 1.64. The maximum atomic E-state index is 11.2. The molecule has 0 fully saturated rings. The second-order valence-corrected chi connectivity index (χ2v) is 3.53. The Morgan fingerprint density at radius 1 is 1.79 bits per heavy atom. The number of carbonyl (C=O) groups is 1. The zero-order valence-corrected chi connectivity index (χ0v) is 8.54. The van der Waals surface area contributed by atoms with Gasteiger partial charge in [-0.3, -0.25) is 4.79 Å². The Balaban J connectivity index is 2.46. The van der Waals surface area contributed by atoms with E-state index in [4.69, 9.17) is 5.26 Å². The molecule has 3 nitrogen and oxygen atoms in total. The van der Waals surface area contributed by atoms with Crippen molar-refractivity contribution in [1.29, 1.82) is 5.26 Å². The smallest absolute Gasteiger partial charge is 0.245 e. The Morgan fingerprint density at radius 3 is 3.14 bits per heavy atom. The lowest BCUT2D eigenvalue weighted by atomic mass is 10.3. The van der Waals surface area contributed by atoms with E-state index in [1.807, 2.05) is 22.9 Å². The van der Waals surface area contributed by atoms with Gasteiger partial charge < -0.3 is 5.32 Å². The van der Waals surface area contributed by atoms with Crippen molar-refractivity contribution in [1.82, 2.24) is 5.32 Å². The first-order chi connectivity index (χ1) is 6.72. The molecule has 1 heterocycles. The van der Waals surface area contributed by atoms with Gasteiger partial charge in [-0.1, -0.05) is 0 Å². The summed E-state index contributed by atoms with van der Waals surface area (Å²) in [5, 5.41) is 14.8. The fourth-order valence-electron chi connectivity index (χ4n) is 0.836. The van der Waals surface area contributed by atoms with E-state index in [9.17, 15) is 4.79 Å². The summed E-state index contributed by atoms with van der Waals surface area (Å²) >= 11 is 1.57. The van der Waals surface area contributed by atoms with E-state index in [1.165, 1.54) is 6.08 Å². The molecule has 0 saturated carbocycles. The number of nitrogens with one attached hydrogen (secondary N) is 1. The van der Waals surface area contributed by atoms with Gasteiger partial charge in [-0.2, -0.15) is 16.6 Å². The molecule has 0 aliphatic carbocycles. The van der Waals surface area contributed by atoms with Crippen molar-refractivity contribution in [2.75, 3.05) is 0 Å². The Hall–Kier alpha value is -1.60. The van der Waals surface area contributed by atoms with Gasteiger partial charge in [0.1, 0.15) is 6.04 Å². The van der Waals surface area contributed by atoms with Crippen LogP contribution in [0, 0.1) is 11.3 Å². The van der Waals surface area contributed by atoms with Gasteiger partial charge in [0.05, 0.1) is 6.07 Å². The van der Waals surface area contributed by atoms with E-state index in [1.54, 1.807) is 24.3 Å². The van der Waals surface area contributed by atoms with Crippen molar-refractivity contribution in [3.05, 3.63) is 28.5 Å². The van der Waals surface area contributed by atoms with Crippen molar-refractivity contribution < 1.29 is 4.79 Å². The molecule has 0 aliphatic heterocycles. The lowest BCUT2D eigenvalue weighted by Crippen LogP contribution is -2.29. The van der Waals surface area contributed by atoms with Crippen LogP contribution >= 0.6 is 11.3 Å². The van der Waals surface area contributed by atoms with Crippen LogP contribution in [0.25, 0.3) is 6.08 Å². The first kappa shape index (κ1) is 10.5. The highest BCUT2D eigenvalue weighted by Crippen LogP contribution is 2.07. The minimum Gasteiger partial charge on any atom is -0.337 e. The van der Waals surface area contributed by atoms with Crippen LogP contribution in [-0.4, -0.2) is 11.9 Å². The molecule has 0 aliphatic rings. The van der Waals surface area contributed by atoms with E-state index in [-0.39, 0.29) is 5.91 Å². The van der Waals surface area contributed by atoms with Crippen LogP contribution in [-0.2, 0) is 4.79 Å². The molecule has 0 bridgehead atoms. The zero-order valence-electron chi connectivity index (χ0n) is 7.73. The largest absolute Gasteiger partial charge is 0.337 e. The Kier molecular flexibility index (Phi) is 3.89. The van der Waals surface area contributed by atoms with Crippen LogP contribution in [0.1, 0.15) is 12.5 Å². The fourth-order valence-corrected chi connectivity index (χ4v) is 1.46. The van der Waals surface area contributed by atoms with Crippen molar-refractivity contribution >= 4 is 23.3 Å². The van der Waals surface area contributed by atoms with Gasteiger partial charge in [0.2, 0.25) is 5.91 Å². The Labute approximate surface area is 86.7 Å². The van der Waals surface area contributed by atoms with E-state index in [0.717, 1.165) is 5.56 Å². The third-order valence-electron chi connectivity index (χ3n) is 1.52. The van der Waals surface area contributed by atoms with E-state index >= 15 is 0 Å². The van der Waals surface area contributed by atoms with Gasteiger partial charge in [-0.05, 0) is 35.4 Å². The molecule has 0 aromatic carbocycles. The molecule has 1 rings (SSSR count). The molecule has 72 valence electrons. The topological polar surface area (TPSA) is 52.9 Å². The molecular formula is C10H10N2OS. The summed E-state index contributed by atoms with van der Waals surface area (Å²) in [6.07, 6.45) is 3.14. The quantitative estimate of drug-likeness (QED) is 0.766. The van der Waals surface area contributed by atoms with Crippen LogP contribution < -0.4 is 5.32 Å². The lowest BCUT2D eigenvalue weighted by Gasteiger charge is -2.01. The number of amides is 1. The zero-order chi connectivity index (χ0) is 10.4. The first-order valence-electron chi connectivity index (χ1n) is 4.13. The molecule has 0 unspecified atom stereocenters. The molecule has 1 amide bonds. The molecule has 1 atom stereocenters. The minimum atomic E-state index is -0.449. The number of carbonyl (C=O) groups excluding carboxylic acids is 1. The van der Waals surface area contributed by atoms with Crippen LogP contribution in [0.15, 0.2) is 22.9 Å². The van der Waals surface area contributed by atoms with E-state index in [0.29, 0.717) is 0 Å². The first-order valence-corrected chi connectivity index (χ1v) is 5.07. The van der Waals surface area contributed by atoms with Crippen molar-refractivity contribution in [2.24, 2.45) is 0 Å². The average molecular weight is 206 g/mol. The molecular weight excluding hydrogens is 196 g/mol. The van der Waals surface area contributed by atoms with Gasteiger partial charge in [0, 0.05) is 6.08 Å². The highest BCUT2D eigenvalue weighted by Gasteiger charge is 2.00. The summed E-state index contributed by atoms with van der Waals surface area (Å²) in [4.78, 5) is 11.2. The Morgan fingerprint density at radius 2 is 2.57 bits per heavy atom. The number of nitrogens with zero attached hydrogens (tertiary/aromatic N) is 1. The lowest BCUT2D eigenvalue weighted by molar-refractivity contribution is -0.116. The van der Waals surface area contributed by atoms with Gasteiger partial charge in [0.15, 0.2) is 0 Å². The highest BCUT2D eigenvalue weighted by molar-refractivity contribution is 7.08. The van der Waals surface area contributed by atoms with E-state index < -0.39 is 6.04 Å². The third-order valence-corrected chi connectivity index (χ3v) is 2.22. The number of rotatable bonds is 3. The minimum absolute atomic E-state index is 0.245. The van der Waals surface area contributed by atoms with Crippen LogP contribution in [0.3, 0.4) is 0 Å². The maximum Gasteiger partial charge on any atom is 0.245 e. The Bertz CT molecular complexity index is 362. The van der Waals surface area contributed by atoms with Crippen LogP contribution in [0.4, 0.5) is 0 Å². The molecule has 0 saturated heterocycles. The maximum absolute atomic E-state index is 11.2. The molecule has 0 spiro atoms. The standard InChI is InChI=1S/C10H10N2OS/c1-8(6-11)12-10(13)3-2-9-4-5-14-7-9/h2-5,7-8H,1H3,(H,12,13)/b3-2+/t8-/m1/s1. The summed E-state index contributed by atoms with van der Waals surface area (Å²) in [7, 11) is 0. The molecule has 14 heavy (non-hydrogen) atoms. The van der Waals surface area contributed by atoms with E-state index in [2.05, 4.69) is 5.32 Å². The number of nitriles is 1. The predicted molar refractivity (Wildman–Crippen MR) is 56.6 cm³/mol. The second kappa shape index (κ2) is 5.20. The summed E-state index contributed by atoms with van der Waals surface area (Å²) < 4.78 is 0. The summed E-state index contributed by atoms with van der Waals surface area (Å²) in [5.74, 6) is -0.245. The second-order valence-electron chi connectivity index (χ2n) is 2.75. The summed E-state index contributed by atoms with van der Waals surface area (Å²) in [6, 6.07) is 3.39. The molecule has 1 N–H and O–H groups in total. The summed E-state index contributed by atoms with van der Waals surface area (Å²) in [5.41, 5.74) is 0.995. The van der Waals surface area contributed by atoms with Gasteiger partial charge in [0.25, 0.3) is 0 Å². The molecule has 1 aromatic heterocycles. The predicted octanol–water partition coefficient (Wildman–Crippen LogP) is 1.79. The van der Waals surface area contributed by atoms with Gasteiger partial charge >= 0.3 is 0 Å². The SMILES string of the molecule is C[C@H](C#N)NC(=O)/C=C/c1ccsc1. The van der Waals surface area contributed by atoms with Gasteiger partial charge in [-0.15, -0.1) is 0 Å². The number of hydrogen-bond acceptors (Lipinski definition) is 3. The molecule has 4 heteroatoms. The highest BCUT2D eigenvalue weighted by atomic mass is 32.1. The van der Waals surface area contributed by atoms with Crippen LogP contribution in [0.5, 0.6) is 0 Å². The molecule has 0 radical (unpaired) electrons. The van der Waals surface area contributed by atoms with Crippen molar-refractivity contribution in [3.63, 3.8) is 0 Å². The van der Waals surface area contributed by atoms with Crippen molar-refractivity contribution in [3.8, 4) is 6.07 Å². The fraction of sp³-hybridized carbons (Fsp3) is 0.200. The number of thiophene rings is 1. The van der Waals surface area contributed by atoms with Crippen LogP contribution in [0.2, 0.25) is 0 Å². The molecule has 1 aromatic rings. The third kappa shape index (κ3) is 3.42. The average Bonchev–Trinajstić information content (AvgIpc) is 2.67.